The van der Waals surface area contributed by atoms with Crippen molar-refractivity contribution >= 4 is 116 Å². The van der Waals surface area contributed by atoms with Crippen LogP contribution in [-0.4, -0.2) is 60.5 Å². The first-order valence-electron chi connectivity index (χ1n) is 21.0. The van der Waals surface area contributed by atoms with Crippen LogP contribution in [0.2, 0.25) is 10.0 Å². The molecule has 0 aliphatic carbocycles. The Kier molecular flexibility index (Phi) is 18.7. The Morgan fingerprint density at radius 1 is 0.529 bits per heavy atom. The second-order valence-corrected chi connectivity index (χ2v) is 17.0. The summed E-state index contributed by atoms with van der Waals surface area (Å²) in [5.41, 5.74) is 3.25. The molecular formula is C48H46Cl4N8O8. The fraction of sp³-hybridized carbons (Fsp3) is 0.250. The lowest BCUT2D eigenvalue weighted by molar-refractivity contribution is -0.127. The molecule has 354 valence electrons. The molecular weight excluding hydrogens is 958 g/mol. The maximum Gasteiger partial charge on any atom is 0.258 e. The standard InChI is InChI=1S/C48H46Cl4N8O8/c1-7-67-41-23-40(56-48(66)44(28(6)62)60-58-38-22-32(14-20-36(38)52)46(64)54-34-17-11-30(12-18-34)26(4)50)42(68-8-2)24-39(41)55-47(65)43(27(5)61)59-57-37-21-31(13-19-35(37)51)45(63)53-33-15-9-29(10-16-33)25(3)49/h9-26,43-44H,7-8H2,1-6H3,(H,53,63)(H,54,64)(H,55,65)(H,56,66). The predicted molar refractivity (Wildman–Crippen MR) is 264 cm³/mol. The van der Waals surface area contributed by atoms with Crippen molar-refractivity contribution in [2.24, 2.45) is 20.5 Å². The van der Waals surface area contributed by atoms with E-state index >= 15 is 0 Å². The van der Waals surface area contributed by atoms with E-state index in [-0.39, 0.29) is 79.4 Å². The normalized spacial score (nSPS) is 13.0. The average molecular weight is 1000 g/mol. The molecule has 68 heavy (non-hydrogen) atoms. The number of azo groups is 2. The summed E-state index contributed by atoms with van der Waals surface area (Å²) in [5.74, 6) is -4.04. The van der Waals surface area contributed by atoms with Crippen molar-refractivity contribution in [3.05, 3.63) is 129 Å². The molecule has 0 aliphatic heterocycles. The molecule has 16 nitrogen and oxygen atoms in total. The number of halogens is 4. The van der Waals surface area contributed by atoms with E-state index in [4.69, 9.17) is 55.9 Å². The van der Waals surface area contributed by atoms with Gasteiger partial charge in [-0.3, -0.25) is 28.8 Å². The van der Waals surface area contributed by atoms with E-state index in [0.29, 0.717) is 11.4 Å². The van der Waals surface area contributed by atoms with E-state index in [2.05, 4.69) is 41.7 Å². The molecule has 4 N–H and O–H groups in total. The van der Waals surface area contributed by atoms with Crippen LogP contribution in [0.15, 0.2) is 118 Å². The van der Waals surface area contributed by atoms with Crippen molar-refractivity contribution < 1.29 is 38.2 Å². The van der Waals surface area contributed by atoms with E-state index in [0.717, 1.165) is 25.0 Å². The minimum Gasteiger partial charge on any atom is -0.492 e. The number of alkyl halides is 2. The second-order valence-electron chi connectivity index (χ2n) is 14.9. The zero-order valence-corrected chi connectivity index (χ0v) is 40.6. The number of rotatable bonds is 20. The Labute approximate surface area is 412 Å². The molecule has 5 aromatic rings. The molecule has 0 saturated heterocycles. The summed E-state index contributed by atoms with van der Waals surface area (Å²) in [6.45, 7) is 9.51. The Hall–Kier alpha value is -6.72. The summed E-state index contributed by atoms with van der Waals surface area (Å²) in [6.07, 6.45) is 0. The van der Waals surface area contributed by atoms with Gasteiger partial charge in [0.1, 0.15) is 22.9 Å². The van der Waals surface area contributed by atoms with E-state index in [1.54, 1.807) is 62.4 Å². The SMILES string of the molecule is CCOc1cc(NC(=O)C(N=Nc2cc(C(=O)Nc3ccc(C(C)Cl)cc3)ccc2Cl)C(C)=O)c(OCC)cc1NC(=O)C(N=Nc1cc(C(=O)Nc2ccc(C(C)Cl)cc2)ccc1Cl)C(C)=O. The maximum atomic E-state index is 13.7. The van der Waals surface area contributed by atoms with Crippen molar-refractivity contribution in [3.8, 4) is 11.5 Å². The number of ether oxygens (including phenoxy) is 2. The third-order valence-electron chi connectivity index (χ3n) is 9.70. The number of anilines is 4. The third kappa shape index (κ3) is 14.2. The van der Waals surface area contributed by atoms with Gasteiger partial charge in [0.25, 0.3) is 23.6 Å². The van der Waals surface area contributed by atoms with Gasteiger partial charge in [0.15, 0.2) is 11.6 Å². The highest BCUT2D eigenvalue weighted by Gasteiger charge is 2.28. The lowest BCUT2D eigenvalue weighted by Crippen LogP contribution is -2.32. The minimum atomic E-state index is -1.68. The first kappa shape index (κ1) is 52.3. The number of hydrogen-bond acceptors (Lipinski definition) is 12. The summed E-state index contributed by atoms with van der Waals surface area (Å²) in [6, 6.07) is 21.9. The first-order valence-corrected chi connectivity index (χ1v) is 22.6. The summed E-state index contributed by atoms with van der Waals surface area (Å²) in [7, 11) is 0. The van der Waals surface area contributed by atoms with Gasteiger partial charge in [0.05, 0.1) is 45.4 Å². The second kappa shape index (κ2) is 24.3. The van der Waals surface area contributed by atoms with E-state index in [1.807, 2.05) is 13.8 Å². The van der Waals surface area contributed by atoms with Crippen LogP contribution in [0.4, 0.5) is 34.1 Å². The monoisotopic (exact) mass is 1000 g/mol. The van der Waals surface area contributed by atoms with E-state index < -0.39 is 47.3 Å². The Bertz CT molecular complexity index is 2560. The zero-order chi connectivity index (χ0) is 49.7. The predicted octanol–water partition coefficient (Wildman–Crippen LogP) is 12.3. The van der Waals surface area contributed by atoms with E-state index in [1.165, 1.54) is 48.5 Å². The van der Waals surface area contributed by atoms with Crippen LogP contribution >= 0.6 is 46.4 Å². The average Bonchev–Trinajstić information content (AvgIpc) is 3.29. The van der Waals surface area contributed by atoms with Crippen LogP contribution < -0.4 is 30.7 Å². The van der Waals surface area contributed by atoms with Crippen LogP contribution in [0.3, 0.4) is 0 Å². The van der Waals surface area contributed by atoms with Gasteiger partial charge < -0.3 is 30.7 Å². The van der Waals surface area contributed by atoms with Crippen molar-refractivity contribution in [3.63, 3.8) is 0 Å². The lowest BCUT2D eigenvalue weighted by atomic mass is 10.1. The number of carbonyl (C=O) groups is 6. The van der Waals surface area contributed by atoms with Crippen LogP contribution in [0.1, 0.15) is 84.1 Å². The molecule has 5 rings (SSSR count). The van der Waals surface area contributed by atoms with Gasteiger partial charge in [-0.1, -0.05) is 47.5 Å². The van der Waals surface area contributed by atoms with Crippen molar-refractivity contribution in [2.45, 2.75) is 64.4 Å². The van der Waals surface area contributed by atoms with Gasteiger partial charge >= 0.3 is 0 Å². The molecule has 4 unspecified atom stereocenters. The minimum absolute atomic E-state index is 0.0152. The van der Waals surface area contributed by atoms with Gasteiger partial charge in [0.2, 0.25) is 12.1 Å². The summed E-state index contributed by atoms with van der Waals surface area (Å²) in [5, 5.41) is 26.7. The van der Waals surface area contributed by atoms with Gasteiger partial charge in [0, 0.05) is 34.6 Å². The third-order valence-corrected chi connectivity index (χ3v) is 10.8. The number of Topliss-reactive ketones (excluding diaryl/α,β-unsaturated/α-hetero) is 2. The number of hydrogen-bond donors (Lipinski definition) is 4. The smallest absolute Gasteiger partial charge is 0.258 e. The molecule has 5 aromatic carbocycles. The van der Waals surface area contributed by atoms with Crippen molar-refractivity contribution in [2.75, 3.05) is 34.5 Å². The topological polar surface area (TPSA) is 218 Å². The molecule has 0 fully saturated rings. The molecule has 0 aliphatic rings. The number of nitrogens with zero attached hydrogens (tertiary/aromatic N) is 4. The highest BCUT2D eigenvalue weighted by molar-refractivity contribution is 6.33. The van der Waals surface area contributed by atoms with Crippen LogP contribution in [0.25, 0.3) is 0 Å². The Morgan fingerprint density at radius 3 is 1.19 bits per heavy atom. The van der Waals surface area contributed by atoms with Gasteiger partial charge in [-0.15, -0.1) is 23.2 Å². The van der Waals surface area contributed by atoms with Crippen LogP contribution in [0.5, 0.6) is 11.5 Å². The van der Waals surface area contributed by atoms with Gasteiger partial charge in [-0.05, 0) is 113 Å². The Balaban J connectivity index is 1.33. The molecule has 0 heterocycles. The lowest BCUT2D eigenvalue weighted by Gasteiger charge is -2.19. The number of amides is 4. The number of benzene rings is 5. The fourth-order valence-corrected chi connectivity index (χ4v) is 6.72. The molecule has 20 heteroatoms. The van der Waals surface area contributed by atoms with Gasteiger partial charge in [-0.2, -0.15) is 20.5 Å². The zero-order valence-electron chi connectivity index (χ0n) is 37.5. The molecule has 0 spiro atoms. The number of nitrogens with one attached hydrogen (secondary N) is 4. The Morgan fingerprint density at radius 2 is 0.882 bits per heavy atom. The molecule has 0 aromatic heterocycles. The van der Waals surface area contributed by atoms with E-state index in [9.17, 15) is 28.8 Å². The largest absolute Gasteiger partial charge is 0.492 e. The molecule has 0 bridgehead atoms. The first-order chi connectivity index (χ1) is 32.4. The molecule has 4 atom stereocenters. The molecule has 0 radical (unpaired) electrons. The summed E-state index contributed by atoms with van der Waals surface area (Å²) in [4.78, 5) is 79.2. The summed E-state index contributed by atoms with van der Waals surface area (Å²) < 4.78 is 11.6. The van der Waals surface area contributed by atoms with Crippen molar-refractivity contribution in [1.82, 2.24) is 0 Å². The van der Waals surface area contributed by atoms with Crippen LogP contribution in [0, 0.1) is 0 Å². The van der Waals surface area contributed by atoms with Crippen LogP contribution in [-0.2, 0) is 19.2 Å². The van der Waals surface area contributed by atoms with Gasteiger partial charge in [-0.25, -0.2) is 0 Å². The highest BCUT2D eigenvalue weighted by atomic mass is 35.5. The molecule has 0 saturated carbocycles. The molecule has 4 amide bonds. The maximum absolute atomic E-state index is 13.7. The van der Waals surface area contributed by atoms with Crippen molar-refractivity contribution in [1.29, 1.82) is 0 Å². The fourth-order valence-electron chi connectivity index (χ4n) is 6.11. The quantitative estimate of drug-likeness (QED) is 0.0333. The number of ketones is 2. The number of carbonyl (C=O) groups excluding carboxylic acids is 6. The summed E-state index contributed by atoms with van der Waals surface area (Å²) >= 11 is 25.0. The highest BCUT2D eigenvalue weighted by Crippen LogP contribution is 2.38.